The number of aromatic nitrogens is 2. The van der Waals surface area contributed by atoms with Crippen molar-refractivity contribution in [1.82, 2.24) is 9.55 Å². The van der Waals surface area contributed by atoms with Gasteiger partial charge < -0.3 is 9.30 Å². The van der Waals surface area contributed by atoms with Crippen molar-refractivity contribution in [2.75, 3.05) is 7.11 Å². The second kappa shape index (κ2) is 5.96. The molecule has 0 spiro atoms. The third kappa shape index (κ3) is 2.71. The number of fused-ring (bicyclic) bond motifs is 1. The molecule has 0 fully saturated rings. The highest BCUT2D eigenvalue weighted by molar-refractivity contribution is 6.30. The summed E-state index contributed by atoms with van der Waals surface area (Å²) in [5.41, 5.74) is 3.00. The second-order valence-corrected chi connectivity index (χ2v) is 5.41. The van der Waals surface area contributed by atoms with E-state index < -0.39 is 0 Å². The van der Waals surface area contributed by atoms with Crippen LogP contribution in [0, 0.1) is 0 Å². The molecule has 0 atom stereocenters. The molecule has 3 rings (SSSR count). The van der Waals surface area contributed by atoms with E-state index in [9.17, 15) is 0 Å². The molecule has 0 saturated carbocycles. The van der Waals surface area contributed by atoms with Crippen LogP contribution in [0.15, 0.2) is 42.5 Å². The minimum Gasteiger partial charge on any atom is -0.494 e. The van der Waals surface area contributed by atoms with Crippen LogP contribution in [0.4, 0.5) is 0 Å². The van der Waals surface area contributed by atoms with E-state index >= 15 is 0 Å². The second-order valence-electron chi connectivity index (χ2n) is 4.70. The molecule has 2 aromatic carbocycles. The lowest BCUT2D eigenvalue weighted by atomic mass is 10.2. The number of methoxy groups -OCH3 is 1. The maximum atomic E-state index is 6.05. The maximum absolute atomic E-state index is 6.05. The zero-order chi connectivity index (χ0) is 14.8. The molecule has 0 aliphatic carbocycles. The molecule has 0 aliphatic heterocycles. The van der Waals surface area contributed by atoms with Gasteiger partial charge in [0.2, 0.25) is 0 Å². The van der Waals surface area contributed by atoms with Crippen LogP contribution in [0.5, 0.6) is 5.75 Å². The van der Waals surface area contributed by atoms with Gasteiger partial charge in [-0.3, -0.25) is 0 Å². The Labute approximate surface area is 133 Å². The summed E-state index contributed by atoms with van der Waals surface area (Å²) in [6.07, 6.45) is 0. The van der Waals surface area contributed by atoms with Gasteiger partial charge in [0.05, 0.1) is 18.5 Å². The lowest BCUT2D eigenvalue weighted by molar-refractivity contribution is 0.419. The highest BCUT2D eigenvalue weighted by Gasteiger charge is 2.13. The number of halogens is 2. The van der Waals surface area contributed by atoms with Gasteiger partial charge in [0.1, 0.15) is 17.1 Å². The monoisotopic (exact) mass is 320 g/mol. The first-order valence-electron chi connectivity index (χ1n) is 6.55. The van der Waals surface area contributed by atoms with Crippen molar-refractivity contribution >= 4 is 34.2 Å². The predicted molar refractivity (Wildman–Crippen MR) is 86.4 cm³/mol. The quantitative estimate of drug-likeness (QED) is 0.662. The van der Waals surface area contributed by atoms with Crippen LogP contribution in [0.2, 0.25) is 5.02 Å². The molecule has 0 saturated heterocycles. The molecule has 21 heavy (non-hydrogen) atoms. The van der Waals surface area contributed by atoms with Gasteiger partial charge in [0.15, 0.2) is 0 Å². The molecule has 108 valence electrons. The van der Waals surface area contributed by atoms with Gasteiger partial charge >= 0.3 is 0 Å². The van der Waals surface area contributed by atoms with Crippen molar-refractivity contribution in [3.8, 4) is 5.75 Å². The van der Waals surface area contributed by atoms with E-state index in [-0.39, 0.29) is 0 Å². The Morgan fingerprint density at radius 1 is 1.14 bits per heavy atom. The van der Waals surface area contributed by atoms with Gasteiger partial charge in [-0.2, -0.15) is 0 Å². The molecule has 3 aromatic rings. The number of alkyl halides is 1. The fourth-order valence-electron chi connectivity index (χ4n) is 2.38. The lowest BCUT2D eigenvalue weighted by Crippen LogP contribution is -2.03. The molecular formula is C16H14Cl2N2O. The van der Waals surface area contributed by atoms with Gasteiger partial charge in [-0.05, 0) is 29.8 Å². The van der Waals surface area contributed by atoms with Gasteiger partial charge in [0, 0.05) is 11.6 Å². The summed E-state index contributed by atoms with van der Waals surface area (Å²) in [6, 6.07) is 13.7. The van der Waals surface area contributed by atoms with E-state index in [0.717, 1.165) is 33.2 Å². The molecule has 3 nitrogen and oxygen atoms in total. The third-order valence-corrected chi connectivity index (χ3v) is 3.91. The van der Waals surface area contributed by atoms with Crippen molar-refractivity contribution in [3.05, 3.63) is 58.9 Å². The number of hydrogen-bond donors (Lipinski definition) is 0. The first-order valence-corrected chi connectivity index (χ1v) is 7.46. The Morgan fingerprint density at radius 2 is 1.90 bits per heavy atom. The van der Waals surface area contributed by atoms with Crippen LogP contribution in [0.25, 0.3) is 11.0 Å². The molecule has 1 aromatic heterocycles. The minimum absolute atomic E-state index is 0.353. The summed E-state index contributed by atoms with van der Waals surface area (Å²) in [7, 11) is 1.65. The zero-order valence-electron chi connectivity index (χ0n) is 11.5. The molecule has 0 radical (unpaired) electrons. The fourth-order valence-corrected chi connectivity index (χ4v) is 2.71. The van der Waals surface area contributed by atoms with Crippen molar-refractivity contribution < 1.29 is 4.74 Å². The number of rotatable bonds is 4. The van der Waals surface area contributed by atoms with Crippen LogP contribution in [0.1, 0.15) is 11.4 Å². The van der Waals surface area contributed by atoms with E-state index in [1.54, 1.807) is 7.11 Å². The highest BCUT2D eigenvalue weighted by atomic mass is 35.5. The Hall–Kier alpha value is -1.71. The molecule has 5 heteroatoms. The van der Waals surface area contributed by atoms with Crippen molar-refractivity contribution in [3.63, 3.8) is 0 Å². The van der Waals surface area contributed by atoms with E-state index in [4.69, 9.17) is 27.9 Å². The molecule has 0 unspecified atom stereocenters. The number of para-hydroxylation sites is 1. The van der Waals surface area contributed by atoms with Crippen molar-refractivity contribution in [2.24, 2.45) is 0 Å². The Morgan fingerprint density at radius 3 is 2.57 bits per heavy atom. The van der Waals surface area contributed by atoms with Crippen LogP contribution in [0.3, 0.4) is 0 Å². The largest absolute Gasteiger partial charge is 0.494 e. The number of nitrogens with zero attached hydrogens (tertiary/aromatic N) is 2. The van der Waals surface area contributed by atoms with E-state index in [2.05, 4.69) is 9.55 Å². The minimum atomic E-state index is 0.353. The molecular weight excluding hydrogens is 307 g/mol. The summed E-state index contributed by atoms with van der Waals surface area (Å²) in [4.78, 5) is 4.60. The van der Waals surface area contributed by atoms with Crippen molar-refractivity contribution in [2.45, 2.75) is 12.4 Å². The maximum Gasteiger partial charge on any atom is 0.146 e. The van der Waals surface area contributed by atoms with Gasteiger partial charge in [0.25, 0.3) is 0 Å². The summed E-state index contributed by atoms with van der Waals surface area (Å²) < 4.78 is 7.48. The highest BCUT2D eigenvalue weighted by Crippen LogP contribution is 2.27. The Bertz CT molecular complexity index is 766. The van der Waals surface area contributed by atoms with E-state index in [0.29, 0.717) is 12.4 Å². The van der Waals surface area contributed by atoms with E-state index in [1.165, 1.54) is 0 Å². The number of imidazole rings is 1. The molecule has 0 N–H and O–H groups in total. The van der Waals surface area contributed by atoms with Gasteiger partial charge in [-0.15, -0.1) is 11.6 Å². The van der Waals surface area contributed by atoms with Crippen molar-refractivity contribution in [1.29, 1.82) is 0 Å². The van der Waals surface area contributed by atoms with Crippen LogP contribution >= 0.6 is 23.2 Å². The Kier molecular flexibility index (Phi) is 4.04. The molecule has 0 bridgehead atoms. The fraction of sp³-hybridized carbons (Fsp3) is 0.188. The van der Waals surface area contributed by atoms with Crippen LogP contribution < -0.4 is 4.74 Å². The average Bonchev–Trinajstić information content (AvgIpc) is 2.87. The summed E-state index contributed by atoms with van der Waals surface area (Å²) in [5.74, 6) is 1.94. The summed E-state index contributed by atoms with van der Waals surface area (Å²) in [5, 5.41) is 0.730. The van der Waals surface area contributed by atoms with Crippen LogP contribution in [-0.4, -0.2) is 16.7 Å². The molecule has 0 amide bonds. The number of ether oxygens (including phenoxy) is 1. The number of hydrogen-bond acceptors (Lipinski definition) is 2. The Balaban J connectivity index is 2.10. The first kappa shape index (κ1) is 14.2. The van der Waals surface area contributed by atoms with Crippen LogP contribution in [-0.2, 0) is 12.4 Å². The zero-order valence-corrected chi connectivity index (χ0v) is 13.0. The topological polar surface area (TPSA) is 27.1 Å². The smallest absolute Gasteiger partial charge is 0.146 e. The van der Waals surface area contributed by atoms with Gasteiger partial charge in [-0.1, -0.05) is 29.8 Å². The SMILES string of the molecule is COc1cccc2c1nc(CCl)n2Cc1ccc(Cl)cc1. The normalized spacial score (nSPS) is 11.0. The van der Waals surface area contributed by atoms with Gasteiger partial charge in [-0.25, -0.2) is 4.98 Å². The first-order chi connectivity index (χ1) is 10.2. The summed E-state index contributed by atoms with van der Waals surface area (Å²) >= 11 is 12.0. The predicted octanol–water partition coefficient (Wildman–Crippen LogP) is 4.49. The molecule has 1 heterocycles. The average molecular weight is 321 g/mol. The number of benzene rings is 2. The molecule has 0 aliphatic rings. The summed E-state index contributed by atoms with van der Waals surface area (Å²) in [6.45, 7) is 0.697. The standard InChI is InChI=1S/C16H14Cl2N2O/c1-21-14-4-2-3-13-16(14)19-15(9-17)20(13)10-11-5-7-12(18)8-6-11/h2-8H,9-10H2,1H3. The van der Waals surface area contributed by atoms with E-state index in [1.807, 2.05) is 42.5 Å². The third-order valence-electron chi connectivity index (χ3n) is 3.41. The lowest BCUT2D eigenvalue weighted by Gasteiger charge is -2.08.